The molecule has 0 unspecified atom stereocenters. The zero-order chi connectivity index (χ0) is 38.1. The van der Waals surface area contributed by atoms with Crippen molar-refractivity contribution in [3.63, 3.8) is 0 Å². The minimum atomic E-state index is -0.191. The molecule has 3 aliphatic rings. The molecule has 56 heavy (non-hydrogen) atoms. The highest BCUT2D eigenvalue weighted by Crippen LogP contribution is 2.57. The summed E-state index contributed by atoms with van der Waals surface area (Å²) in [6.07, 6.45) is 0. The first-order valence-corrected chi connectivity index (χ1v) is 19.9. The molecule has 0 saturated carbocycles. The fraction of sp³-hybridized carbons (Fsp3) is 0.154. The molecule has 0 N–H and O–H groups in total. The van der Waals surface area contributed by atoms with Crippen molar-refractivity contribution in [3.8, 4) is 33.4 Å². The standard InChI is InChI=1S/C52H43BN2O/c1-32-17-10-11-20-36(32)34-29-40-37-22-16-24-42-48(37)55(44-25-14-13-23-41(44)52(42,5)6)53-47(40)45(30-34)54(49-38-21-12-15-26-46(38)56-50(49)53)43-28-27-35(51(2,3)4)31-39(43)33-18-8-7-9-19-33/h7-31H,1-6H3. The highest BCUT2D eigenvalue weighted by molar-refractivity contribution is 6.93. The van der Waals surface area contributed by atoms with Crippen LogP contribution in [0.5, 0.6) is 0 Å². The van der Waals surface area contributed by atoms with E-state index in [9.17, 15) is 0 Å². The molecule has 0 atom stereocenters. The van der Waals surface area contributed by atoms with Crippen molar-refractivity contribution in [2.24, 2.45) is 0 Å². The topological polar surface area (TPSA) is 19.6 Å². The molecule has 4 heterocycles. The normalized spacial score (nSPS) is 14.6. The number of aryl methyl sites for hydroxylation is 1. The van der Waals surface area contributed by atoms with E-state index >= 15 is 0 Å². The quantitative estimate of drug-likeness (QED) is 0.169. The lowest BCUT2D eigenvalue weighted by atomic mass is 9.44. The molecule has 0 radical (unpaired) electrons. The summed E-state index contributed by atoms with van der Waals surface area (Å²) in [6, 6.07) is 56.3. The highest BCUT2D eigenvalue weighted by atomic mass is 16.3. The molecule has 0 spiro atoms. The van der Waals surface area contributed by atoms with Gasteiger partial charge in [-0.15, -0.1) is 0 Å². The van der Waals surface area contributed by atoms with E-state index in [1.807, 2.05) is 0 Å². The van der Waals surface area contributed by atoms with Crippen LogP contribution >= 0.6 is 0 Å². The number of furan rings is 1. The zero-order valence-corrected chi connectivity index (χ0v) is 32.8. The Bertz CT molecular complexity index is 2910. The van der Waals surface area contributed by atoms with Crippen LogP contribution in [0.4, 0.5) is 28.4 Å². The number of rotatable bonds is 3. The summed E-state index contributed by atoms with van der Waals surface area (Å²) in [6.45, 7) is 13.7. The van der Waals surface area contributed by atoms with E-state index in [1.165, 1.54) is 78.2 Å². The van der Waals surface area contributed by atoms with Crippen molar-refractivity contribution in [1.29, 1.82) is 0 Å². The molecular formula is C52H43BN2O. The predicted octanol–water partition coefficient (Wildman–Crippen LogP) is 12.7. The molecule has 4 heteroatoms. The Balaban J connectivity index is 1.32. The molecule has 0 fully saturated rings. The van der Waals surface area contributed by atoms with Gasteiger partial charge in [0.25, 0.3) is 0 Å². The van der Waals surface area contributed by atoms with Gasteiger partial charge < -0.3 is 14.1 Å². The van der Waals surface area contributed by atoms with Crippen LogP contribution in [0.3, 0.4) is 0 Å². The molecular weight excluding hydrogens is 679 g/mol. The maximum atomic E-state index is 7.24. The van der Waals surface area contributed by atoms with Crippen molar-refractivity contribution >= 4 is 57.4 Å². The van der Waals surface area contributed by atoms with Gasteiger partial charge in [0.1, 0.15) is 11.2 Å². The van der Waals surface area contributed by atoms with Crippen LogP contribution in [0.15, 0.2) is 156 Å². The molecule has 0 amide bonds. The number of hydrogen-bond acceptors (Lipinski definition) is 3. The molecule has 1 aromatic heterocycles. The fourth-order valence-corrected chi connectivity index (χ4v) is 9.92. The minimum absolute atomic E-state index is 0.0245. The third-order valence-corrected chi connectivity index (χ3v) is 12.7. The average molecular weight is 723 g/mol. The first kappa shape index (κ1) is 33.1. The Kier molecular flexibility index (Phi) is 6.88. The second-order valence-electron chi connectivity index (χ2n) is 17.4. The second kappa shape index (κ2) is 11.6. The van der Waals surface area contributed by atoms with Crippen LogP contribution in [0, 0.1) is 6.92 Å². The largest absolute Gasteiger partial charge is 0.466 e. The van der Waals surface area contributed by atoms with Gasteiger partial charge in [0.05, 0.1) is 11.4 Å². The van der Waals surface area contributed by atoms with Crippen molar-refractivity contribution < 1.29 is 4.42 Å². The summed E-state index contributed by atoms with van der Waals surface area (Å²) in [5.74, 6) is 0. The van der Waals surface area contributed by atoms with Crippen LogP contribution in [0.1, 0.15) is 56.9 Å². The fourth-order valence-electron chi connectivity index (χ4n) is 9.92. The Morgan fingerprint density at radius 3 is 2.09 bits per heavy atom. The number of nitrogens with zero attached hydrogens (tertiary/aromatic N) is 2. The number of benzene rings is 7. The SMILES string of the molecule is Cc1ccccc1-c1cc2c3c(c1)N(c1ccc(C(C)(C)C)cc1-c1ccccc1)c1c(oc4ccccc14)B3N1c3ccccc3C(C)(C)c3cccc-2c31. The third-order valence-electron chi connectivity index (χ3n) is 12.7. The monoisotopic (exact) mass is 722 g/mol. The van der Waals surface area contributed by atoms with Crippen molar-refractivity contribution in [2.45, 2.75) is 52.4 Å². The van der Waals surface area contributed by atoms with Gasteiger partial charge in [-0.25, -0.2) is 0 Å². The summed E-state index contributed by atoms with van der Waals surface area (Å²) < 4.78 is 7.24. The van der Waals surface area contributed by atoms with E-state index in [0.717, 1.165) is 28.0 Å². The van der Waals surface area contributed by atoms with Crippen LogP contribution in [-0.2, 0) is 10.8 Å². The Hall–Kier alpha value is -6.26. The Morgan fingerprint density at radius 1 is 0.554 bits per heavy atom. The third kappa shape index (κ3) is 4.53. The Labute approximate surface area is 330 Å². The van der Waals surface area contributed by atoms with Gasteiger partial charge in [0, 0.05) is 39.0 Å². The maximum Gasteiger partial charge on any atom is 0.375 e. The molecule has 270 valence electrons. The van der Waals surface area contributed by atoms with Gasteiger partial charge in [-0.05, 0) is 105 Å². The minimum Gasteiger partial charge on any atom is -0.466 e. The lowest BCUT2D eigenvalue weighted by Gasteiger charge is -2.50. The number of para-hydroxylation sites is 3. The van der Waals surface area contributed by atoms with E-state index < -0.39 is 0 Å². The van der Waals surface area contributed by atoms with Crippen molar-refractivity contribution in [2.75, 3.05) is 9.71 Å². The van der Waals surface area contributed by atoms with Crippen LogP contribution in [0.25, 0.3) is 44.3 Å². The molecule has 0 saturated heterocycles. The van der Waals surface area contributed by atoms with E-state index in [2.05, 4.69) is 203 Å². The van der Waals surface area contributed by atoms with Gasteiger partial charge in [-0.2, -0.15) is 0 Å². The Morgan fingerprint density at radius 2 is 1.27 bits per heavy atom. The second-order valence-corrected chi connectivity index (χ2v) is 17.4. The molecule has 7 aromatic carbocycles. The van der Waals surface area contributed by atoms with Crippen molar-refractivity contribution in [1.82, 2.24) is 0 Å². The summed E-state index contributed by atoms with van der Waals surface area (Å²) >= 11 is 0. The lowest BCUT2D eigenvalue weighted by molar-refractivity contribution is 0.590. The zero-order valence-electron chi connectivity index (χ0n) is 32.8. The van der Waals surface area contributed by atoms with Gasteiger partial charge >= 0.3 is 6.85 Å². The maximum absolute atomic E-state index is 7.24. The van der Waals surface area contributed by atoms with Crippen LogP contribution in [-0.4, -0.2) is 6.85 Å². The summed E-state index contributed by atoms with van der Waals surface area (Å²) in [4.78, 5) is 5.16. The van der Waals surface area contributed by atoms with E-state index in [0.29, 0.717) is 0 Å². The lowest BCUT2D eigenvalue weighted by Crippen LogP contribution is -2.62. The van der Waals surface area contributed by atoms with Gasteiger partial charge in [-0.3, -0.25) is 0 Å². The first-order chi connectivity index (χ1) is 27.1. The van der Waals surface area contributed by atoms with E-state index in [-0.39, 0.29) is 17.7 Å². The molecule has 3 nitrogen and oxygen atoms in total. The van der Waals surface area contributed by atoms with Gasteiger partial charge in [-0.1, -0.05) is 144 Å². The predicted molar refractivity (Wildman–Crippen MR) is 236 cm³/mol. The average Bonchev–Trinajstić information content (AvgIpc) is 3.60. The van der Waals surface area contributed by atoms with Gasteiger partial charge in [0.2, 0.25) is 0 Å². The molecule has 0 bridgehead atoms. The summed E-state index contributed by atoms with van der Waals surface area (Å²) in [5, 5.41) is 1.11. The summed E-state index contributed by atoms with van der Waals surface area (Å²) in [5.41, 5.74) is 21.5. The number of hydrogen-bond donors (Lipinski definition) is 0. The summed E-state index contributed by atoms with van der Waals surface area (Å²) in [7, 11) is 0. The molecule has 3 aliphatic heterocycles. The van der Waals surface area contributed by atoms with Gasteiger partial charge in [0.15, 0.2) is 0 Å². The number of fused-ring (bicyclic) bond motifs is 8. The van der Waals surface area contributed by atoms with E-state index in [1.54, 1.807) is 0 Å². The smallest absolute Gasteiger partial charge is 0.375 e. The molecule has 8 aromatic rings. The van der Waals surface area contributed by atoms with Crippen LogP contribution < -0.4 is 20.8 Å². The van der Waals surface area contributed by atoms with Crippen LogP contribution in [0.2, 0.25) is 0 Å². The molecule has 0 aliphatic carbocycles. The molecule has 11 rings (SSSR count). The first-order valence-electron chi connectivity index (χ1n) is 19.9. The highest BCUT2D eigenvalue weighted by Gasteiger charge is 2.52. The number of anilines is 5. The van der Waals surface area contributed by atoms with E-state index in [4.69, 9.17) is 4.42 Å². The van der Waals surface area contributed by atoms with Crippen molar-refractivity contribution in [3.05, 3.63) is 174 Å².